The zero-order valence-electron chi connectivity index (χ0n) is 22.4. The molecule has 0 spiro atoms. The summed E-state index contributed by atoms with van der Waals surface area (Å²) >= 11 is 5.72. The van der Waals surface area contributed by atoms with Gasteiger partial charge in [0, 0.05) is 38.2 Å². The fraction of sp³-hybridized carbons (Fsp3) is 0.393. The topological polar surface area (TPSA) is 125 Å². The molecule has 1 aromatic carbocycles. The molecule has 6 rings (SSSR count). The van der Waals surface area contributed by atoms with Crippen molar-refractivity contribution < 1.29 is 32.9 Å². The summed E-state index contributed by atoms with van der Waals surface area (Å²) < 4.78 is 47.7. The predicted molar refractivity (Wildman–Crippen MR) is 146 cm³/mol. The maximum Gasteiger partial charge on any atom is 0.335 e. The molecule has 2 aliphatic heterocycles. The Morgan fingerprint density at radius 1 is 1.12 bits per heavy atom. The van der Waals surface area contributed by atoms with Gasteiger partial charge in [-0.25, -0.2) is 28.5 Å². The molecule has 14 heteroatoms. The number of aromatic carboxylic acids is 1. The average molecular weight is 601 g/mol. The van der Waals surface area contributed by atoms with E-state index in [1.807, 2.05) is 4.57 Å². The highest BCUT2D eigenvalue weighted by atomic mass is 35.5. The molecule has 220 valence electrons. The lowest BCUT2D eigenvalue weighted by atomic mass is 10.1. The second-order valence-electron chi connectivity index (χ2n) is 10.2. The number of piperidine rings is 1. The third-order valence-corrected chi connectivity index (χ3v) is 7.50. The molecule has 1 N–H and O–H groups in total. The number of rotatable bonds is 10. The summed E-state index contributed by atoms with van der Waals surface area (Å²) in [5.74, 6) is -1.36. The van der Waals surface area contributed by atoms with E-state index in [0.717, 1.165) is 31.4 Å². The van der Waals surface area contributed by atoms with Gasteiger partial charge in [-0.05, 0) is 37.5 Å². The van der Waals surface area contributed by atoms with E-state index in [1.165, 1.54) is 12.3 Å². The Morgan fingerprint density at radius 2 is 1.93 bits per heavy atom. The summed E-state index contributed by atoms with van der Waals surface area (Å²) in [5, 5.41) is 9.60. The maximum absolute atomic E-state index is 14.8. The first-order valence-corrected chi connectivity index (χ1v) is 13.9. The molecule has 4 aromatic rings. The standard InChI is InChI=1S/C28H27ClF2N6O5/c29-17-11-21(31)27(33-12-17)41-15-23-32-5-1-25(34-23)42-18-2-6-36(7-3-18)14-24-35-26-20(30)9-16(28(38)39)10-22(26)37(24)13-19-4-8-40-19/h1,5,9-12,18-19H,2-4,6-8,13-15H2,(H,38,39)/t19-/m0/s1. The molecule has 42 heavy (non-hydrogen) atoms. The number of carbonyl (C=O) groups is 1. The number of carboxylic acid groups (broad SMARTS) is 1. The summed E-state index contributed by atoms with van der Waals surface area (Å²) in [6.07, 6.45) is 5.07. The van der Waals surface area contributed by atoms with Crippen LogP contribution in [0.1, 0.15) is 41.3 Å². The molecule has 2 aliphatic rings. The Labute approximate surface area is 244 Å². The van der Waals surface area contributed by atoms with Crippen molar-refractivity contribution in [3.05, 3.63) is 70.5 Å². The lowest BCUT2D eigenvalue weighted by molar-refractivity contribution is -0.0592. The van der Waals surface area contributed by atoms with Crippen molar-refractivity contribution >= 4 is 28.6 Å². The molecule has 11 nitrogen and oxygen atoms in total. The van der Waals surface area contributed by atoms with Gasteiger partial charge < -0.3 is 23.9 Å². The number of halogens is 3. The van der Waals surface area contributed by atoms with Gasteiger partial charge in [-0.2, -0.15) is 4.98 Å². The SMILES string of the molecule is O=C(O)c1cc(F)c2nc(CN3CCC(Oc4ccnc(COc5ncc(Cl)cc5F)n4)CC3)n(C[C@@H]3CCO3)c2c1. The number of pyridine rings is 1. The van der Waals surface area contributed by atoms with Crippen molar-refractivity contribution in [1.29, 1.82) is 0 Å². The Bertz CT molecular complexity index is 1610. The molecule has 2 fully saturated rings. The number of likely N-dealkylation sites (tertiary alicyclic amines) is 1. The molecular weight excluding hydrogens is 574 g/mol. The van der Waals surface area contributed by atoms with Crippen LogP contribution in [0.5, 0.6) is 11.8 Å². The number of benzene rings is 1. The number of hydrogen-bond acceptors (Lipinski definition) is 9. The summed E-state index contributed by atoms with van der Waals surface area (Å²) in [6.45, 7) is 2.95. The van der Waals surface area contributed by atoms with Crippen LogP contribution in [0.4, 0.5) is 8.78 Å². The van der Waals surface area contributed by atoms with Crippen LogP contribution in [0.3, 0.4) is 0 Å². The summed E-state index contributed by atoms with van der Waals surface area (Å²) in [5.41, 5.74) is 0.494. The van der Waals surface area contributed by atoms with E-state index in [9.17, 15) is 18.7 Å². The van der Waals surface area contributed by atoms with Gasteiger partial charge in [-0.1, -0.05) is 11.6 Å². The molecule has 0 saturated carbocycles. The lowest BCUT2D eigenvalue weighted by Gasteiger charge is -2.32. The van der Waals surface area contributed by atoms with Crippen molar-refractivity contribution in [2.24, 2.45) is 0 Å². The van der Waals surface area contributed by atoms with Crippen LogP contribution in [-0.4, -0.2) is 72.4 Å². The van der Waals surface area contributed by atoms with Crippen LogP contribution in [0.2, 0.25) is 5.02 Å². The van der Waals surface area contributed by atoms with Crippen molar-refractivity contribution in [2.75, 3.05) is 19.7 Å². The Hall–Kier alpha value is -3.94. The molecular formula is C28H27ClF2N6O5. The smallest absolute Gasteiger partial charge is 0.335 e. The molecule has 1 atom stereocenters. The number of imidazole rings is 1. The van der Waals surface area contributed by atoms with Crippen LogP contribution in [0.15, 0.2) is 36.7 Å². The van der Waals surface area contributed by atoms with Gasteiger partial charge in [-0.3, -0.25) is 4.90 Å². The minimum absolute atomic E-state index is 0.0125. The highest BCUT2D eigenvalue weighted by Gasteiger charge is 2.27. The zero-order chi connectivity index (χ0) is 29.2. The minimum atomic E-state index is -1.19. The second kappa shape index (κ2) is 12.1. The molecule has 0 unspecified atom stereocenters. The predicted octanol–water partition coefficient (Wildman–Crippen LogP) is 4.26. The van der Waals surface area contributed by atoms with Crippen LogP contribution >= 0.6 is 11.6 Å². The monoisotopic (exact) mass is 600 g/mol. The van der Waals surface area contributed by atoms with Gasteiger partial charge >= 0.3 is 5.97 Å². The lowest BCUT2D eigenvalue weighted by Crippen LogP contribution is -2.39. The molecule has 0 amide bonds. The van der Waals surface area contributed by atoms with Crippen molar-refractivity contribution in [3.8, 4) is 11.8 Å². The highest BCUT2D eigenvalue weighted by molar-refractivity contribution is 6.30. The van der Waals surface area contributed by atoms with Crippen molar-refractivity contribution in [1.82, 2.24) is 29.4 Å². The van der Waals surface area contributed by atoms with Crippen LogP contribution in [0.25, 0.3) is 11.0 Å². The average Bonchev–Trinajstić information content (AvgIpc) is 3.28. The van der Waals surface area contributed by atoms with E-state index in [1.54, 1.807) is 12.3 Å². The Morgan fingerprint density at radius 3 is 2.64 bits per heavy atom. The molecule has 0 radical (unpaired) electrons. The number of nitrogens with zero attached hydrogens (tertiary/aromatic N) is 6. The normalized spacial score (nSPS) is 17.7. The zero-order valence-corrected chi connectivity index (χ0v) is 23.1. The third kappa shape index (κ3) is 6.27. The number of ether oxygens (including phenoxy) is 3. The number of carboxylic acids is 1. The number of fused-ring (bicyclic) bond motifs is 1. The van der Waals surface area contributed by atoms with E-state index in [0.29, 0.717) is 55.8 Å². The molecule has 0 aliphatic carbocycles. The van der Waals surface area contributed by atoms with E-state index in [-0.39, 0.29) is 40.8 Å². The first kappa shape index (κ1) is 28.2. The van der Waals surface area contributed by atoms with Crippen LogP contribution in [0, 0.1) is 11.6 Å². The van der Waals surface area contributed by atoms with Gasteiger partial charge in [0.15, 0.2) is 17.5 Å². The van der Waals surface area contributed by atoms with Crippen LogP contribution < -0.4 is 9.47 Å². The van der Waals surface area contributed by atoms with E-state index < -0.39 is 17.6 Å². The minimum Gasteiger partial charge on any atom is -0.478 e. The van der Waals surface area contributed by atoms with Crippen LogP contribution in [-0.2, 0) is 24.4 Å². The molecule has 5 heterocycles. The van der Waals surface area contributed by atoms with Gasteiger partial charge in [0.2, 0.25) is 5.88 Å². The third-order valence-electron chi connectivity index (χ3n) is 7.29. The molecule has 0 bridgehead atoms. The summed E-state index contributed by atoms with van der Waals surface area (Å²) in [4.78, 5) is 30.7. The Kier molecular flexibility index (Phi) is 8.13. The van der Waals surface area contributed by atoms with Gasteiger partial charge in [0.05, 0.1) is 35.3 Å². The highest BCUT2D eigenvalue weighted by Crippen LogP contribution is 2.27. The van der Waals surface area contributed by atoms with Gasteiger partial charge in [0.1, 0.15) is 24.1 Å². The number of aromatic nitrogens is 5. The molecule has 3 aromatic heterocycles. The summed E-state index contributed by atoms with van der Waals surface area (Å²) in [6, 6.07) is 5.25. The quantitative estimate of drug-likeness (QED) is 0.282. The fourth-order valence-corrected chi connectivity index (χ4v) is 5.17. The first-order chi connectivity index (χ1) is 20.3. The second-order valence-corrected chi connectivity index (χ2v) is 10.6. The first-order valence-electron chi connectivity index (χ1n) is 13.5. The van der Waals surface area contributed by atoms with Crippen molar-refractivity contribution in [2.45, 2.75) is 51.2 Å². The largest absolute Gasteiger partial charge is 0.478 e. The van der Waals surface area contributed by atoms with E-state index >= 15 is 0 Å². The number of hydrogen-bond donors (Lipinski definition) is 1. The molecule has 2 saturated heterocycles. The van der Waals surface area contributed by atoms with Gasteiger partial charge in [0.25, 0.3) is 5.88 Å². The van der Waals surface area contributed by atoms with Crippen molar-refractivity contribution in [3.63, 3.8) is 0 Å². The maximum atomic E-state index is 14.8. The van der Waals surface area contributed by atoms with E-state index in [2.05, 4.69) is 24.8 Å². The fourth-order valence-electron chi connectivity index (χ4n) is 5.02. The summed E-state index contributed by atoms with van der Waals surface area (Å²) in [7, 11) is 0. The van der Waals surface area contributed by atoms with E-state index in [4.69, 9.17) is 25.8 Å². The van der Waals surface area contributed by atoms with Gasteiger partial charge in [-0.15, -0.1) is 0 Å². The Balaban J connectivity index is 1.08.